The second-order valence-electron chi connectivity index (χ2n) is 5.02. The summed E-state index contributed by atoms with van der Waals surface area (Å²) in [6.45, 7) is 5.33. The number of guanidine groups is 1. The smallest absolute Gasteiger partial charge is 0.185 e. The highest BCUT2D eigenvalue weighted by molar-refractivity contribution is 5.74. The molecule has 0 heterocycles. The zero-order chi connectivity index (χ0) is 11.8. The fourth-order valence-corrected chi connectivity index (χ4v) is 2.28. The SMILES string of the molecule is CC1CCC(CNCCCNC(=N)N)CC1. The average Bonchev–Trinajstić information content (AvgIpc) is 2.25. The first-order valence-corrected chi connectivity index (χ1v) is 6.47. The first kappa shape index (κ1) is 13.3. The fourth-order valence-electron chi connectivity index (χ4n) is 2.28. The van der Waals surface area contributed by atoms with Gasteiger partial charge in [-0.05, 0) is 44.2 Å². The summed E-state index contributed by atoms with van der Waals surface area (Å²) in [7, 11) is 0. The van der Waals surface area contributed by atoms with Gasteiger partial charge in [-0.1, -0.05) is 19.8 Å². The Hall–Kier alpha value is -0.770. The molecule has 0 spiro atoms. The minimum atomic E-state index is 0.0706. The van der Waals surface area contributed by atoms with Crippen LogP contribution in [0, 0.1) is 17.2 Å². The molecule has 1 aliphatic carbocycles. The number of hydrogen-bond donors (Lipinski definition) is 4. The molecular weight excluding hydrogens is 200 g/mol. The maximum absolute atomic E-state index is 7.00. The summed E-state index contributed by atoms with van der Waals surface area (Å²) in [4.78, 5) is 0. The van der Waals surface area contributed by atoms with Gasteiger partial charge >= 0.3 is 0 Å². The molecule has 0 radical (unpaired) electrons. The van der Waals surface area contributed by atoms with Gasteiger partial charge in [-0.2, -0.15) is 0 Å². The van der Waals surface area contributed by atoms with E-state index in [9.17, 15) is 0 Å². The molecule has 0 aromatic rings. The van der Waals surface area contributed by atoms with Crippen LogP contribution in [0.25, 0.3) is 0 Å². The summed E-state index contributed by atoms with van der Waals surface area (Å²) in [6, 6.07) is 0. The molecule has 0 unspecified atom stereocenters. The maximum Gasteiger partial charge on any atom is 0.185 e. The number of nitrogens with one attached hydrogen (secondary N) is 3. The molecule has 0 atom stereocenters. The predicted octanol–water partition coefficient (Wildman–Crippen LogP) is 1.28. The first-order chi connectivity index (χ1) is 7.68. The van der Waals surface area contributed by atoms with E-state index >= 15 is 0 Å². The van der Waals surface area contributed by atoms with Crippen LogP contribution in [-0.2, 0) is 0 Å². The highest BCUT2D eigenvalue weighted by Gasteiger charge is 2.17. The van der Waals surface area contributed by atoms with Crippen LogP contribution >= 0.6 is 0 Å². The average molecular weight is 226 g/mol. The summed E-state index contributed by atoms with van der Waals surface area (Å²) in [6.07, 6.45) is 6.61. The van der Waals surface area contributed by atoms with Crippen molar-refractivity contribution in [3.8, 4) is 0 Å². The van der Waals surface area contributed by atoms with Gasteiger partial charge in [0.2, 0.25) is 0 Å². The van der Waals surface area contributed by atoms with E-state index in [1.165, 1.54) is 25.7 Å². The molecule has 0 amide bonds. The van der Waals surface area contributed by atoms with Crippen LogP contribution in [0.3, 0.4) is 0 Å². The van der Waals surface area contributed by atoms with E-state index in [-0.39, 0.29) is 5.96 Å². The molecule has 94 valence electrons. The summed E-state index contributed by atoms with van der Waals surface area (Å²) < 4.78 is 0. The van der Waals surface area contributed by atoms with Gasteiger partial charge in [0, 0.05) is 6.54 Å². The fraction of sp³-hybridized carbons (Fsp3) is 0.917. The van der Waals surface area contributed by atoms with Crippen molar-refractivity contribution in [2.45, 2.75) is 39.0 Å². The molecule has 16 heavy (non-hydrogen) atoms. The van der Waals surface area contributed by atoms with Crippen LogP contribution in [0.5, 0.6) is 0 Å². The Morgan fingerprint density at radius 1 is 1.25 bits per heavy atom. The lowest BCUT2D eigenvalue weighted by Gasteiger charge is -2.26. The molecule has 1 saturated carbocycles. The van der Waals surface area contributed by atoms with Crippen molar-refractivity contribution in [2.75, 3.05) is 19.6 Å². The quantitative estimate of drug-likeness (QED) is 0.313. The molecule has 0 aromatic heterocycles. The standard InChI is InChI=1S/C12H26N4/c1-10-3-5-11(6-4-10)9-15-7-2-8-16-12(13)14/h10-11,15H,2-9H2,1H3,(H4,13,14,16). The first-order valence-electron chi connectivity index (χ1n) is 6.47. The van der Waals surface area contributed by atoms with Gasteiger partial charge in [0.25, 0.3) is 0 Å². The van der Waals surface area contributed by atoms with Crippen molar-refractivity contribution in [1.29, 1.82) is 5.41 Å². The number of nitrogens with two attached hydrogens (primary N) is 1. The summed E-state index contributed by atoms with van der Waals surface area (Å²) in [5.74, 6) is 1.90. The molecular formula is C12H26N4. The molecule has 0 aromatic carbocycles. The molecule has 1 rings (SSSR count). The van der Waals surface area contributed by atoms with E-state index in [1.54, 1.807) is 0 Å². The third-order valence-electron chi connectivity index (χ3n) is 3.41. The molecule has 1 aliphatic rings. The molecule has 1 fully saturated rings. The third kappa shape index (κ3) is 5.95. The summed E-state index contributed by atoms with van der Waals surface area (Å²) in [5.41, 5.74) is 5.19. The van der Waals surface area contributed by atoms with Gasteiger partial charge in [0.05, 0.1) is 0 Å². The maximum atomic E-state index is 7.00. The van der Waals surface area contributed by atoms with Crippen LogP contribution < -0.4 is 16.4 Å². The van der Waals surface area contributed by atoms with E-state index in [0.717, 1.165) is 37.9 Å². The number of hydrogen-bond acceptors (Lipinski definition) is 2. The van der Waals surface area contributed by atoms with Crippen molar-refractivity contribution >= 4 is 5.96 Å². The highest BCUT2D eigenvalue weighted by atomic mass is 15.0. The number of rotatable bonds is 6. The molecule has 4 nitrogen and oxygen atoms in total. The van der Waals surface area contributed by atoms with E-state index in [0.29, 0.717) is 0 Å². The predicted molar refractivity (Wildman–Crippen MR) is 68.5 cm³/mol. The largest absolute Gasteiger partial charge is 0.370 e. The van der Waals surface area contributed by atoms with Gasteiger partial charge in [-0.25, -0.2) is 0 Å². The van der Waals surface area contributed by atoms with Crippen molar-refractivity contribution in [3.63, 3.8) is 0 Å². The normalized spacial score (nSPS) is 25.3. The highest BCUT2D eigenvalue weighted by Crippen LogP contribution is 2.27. The topological polar surface area (TPSA) is 73.9 Å². The Morgan fingerprint density at radius 3 is 2.56 bits per heavy atom. The van der Waals surface area contributed by atoms with E-state index in [1.807, 2.05) is 0 Å². The van der Waals surface area contributed by atoms with Crippen molar-refractivity contribution in [3.05, 3.63) is 0 Å². The minimum absolute atomic E-state index is 0.0706. The Bertz CT molecular complexity index is 197. The molecule has 5 N–H and O–H groups in total. The molecule has 0 saturated heterocycles. The van der Waals surface area contributed by atoms with Crippen LogP contribution in [0.2, 0.25) is 0 Å². The van der Waals surface area contributed by atoms with Crippen LogP contribution in [0.1, 0.15) is 39.0 Å². The van der Waals surface area contributed by atoms with Crippen LogP contribution in [-0.4, -0.2) is 25.6 Å². The minimum Gasteiger partial charge on any atom is -0.370 e. The van der Waals surface area contributed by atoms with E-state index < -0.39 is 0 Å². The van der Waals surface area contributed by atoms with Gasteiger partial charge in [0.15, 0.2) is 5.96 Å². The van der Waals surface area contributed by atoms with E-state index in [4.69, 9.17) is 11.1 Å². The summed E-state index contributed by atoms with van der Waals surface area (Å²) >= 11 is 0. The van der Waals surface area contributed by atoms with Gasteiger partial charge in [0.1, 0.15) is 0 Å². The Morgan fingerprint density at radius 2 is 1.94 bits per heavy atom. The second kappa shape index (κ2) is 7.49. The van der Waals surface area contributed by atoms with Gasteiger partial charge in [-0.15, -0.1) is 0 Å². The lowest BCUT2D eigenvalue weighted by molar-refractivity contribution is 0.282. The zero-order valence-electron chi connectivity index (χ0n) is 10.4. The van der Waals surface area contributed by atoms with Crippen LogP contribution in [0.15, 0.2) is 0 Å². The second-order valence-corrected chi connectivity index (χ2v) is 5.02. The zero-order valence-corrected chi connectivity index (χ0v) is 10.4. The van der Waals surface area contributed by atoms with Crippen molar-refractivity contribution in [1.82, 2.24) is 10.6 Å². The Labute approximate surface area is 98.9 Å². The molecule has 0 aliphatic heterocycles. The lowest BCUT2D eigenvalue weighted by atomic mass is 9.83. The monoisotopic (exact) mass is 226 g/mol. The molecule has 0 bridgehead atoms. The summed E-state index contributed by atoms with van der Waals surface area (Å²) in [5, 5.41) is 13.3. The van der Waals surface area contributed by atoms with E-state index in [2.05, 4.69) is 17.6 Å². The Kier molecular flexibility index (Phi) is 6.23. The van der Waals surface area contributed by atoms with Gasteiger partial charge < -0.3 is 16.4 Å². The third-order valence-corrected chi connectivity index (χ3v) is 3.41. The van der Waals surface area contributed by atoms with Crippen molar-refractivity contribution < 1.29 is 0 Å². The Balaban J connectivity index is 1.89. The molecule has 4 heteroatoms. The van der Waals surface area contributed by atoms with Crippen LogP contribution in [0.4, 0.5) is 0 Å². The van der Waals surface area contributed by atoms with Gasteiger partial charge in [-0.3, -0.25) is 5.41 Å². The van der Waals surface area contributed by atoms with Crippen molar-refractivity contribution in [2.24, 2.45) is 17.6 Å². The lowest BCUT2D eigenvalue weighted by Crippen LogP contribution is -2.33.